The molecule has 1 amide bonds. The fourth-order valence-electron chi connectivity index (χ4n) is 2.83. The van der Waals surface area contributed by atoms with E-state index in [0.717, 1.165) is 44.7 Å². The zero-order chi connectivity index (χ0) is 16.9. The Hall–Kier alpha value is -1.49. The molecule has 130 valence electrons. The van der Waals surface area contributed by atoms with Gasteiger partial charge in [0.2, 0.25) is 0 Å². The van der Waals surface area contributed by atoms with Gasteiger partial charge in [0, 0.05) is 31.6 Å². The van der Waals surface area contributed by atoms with Crippen molar-refractivity contribution in [3.63, 3.8) is 0 Å². The highest BCUT2D eigenvalue weighted by atomic mass is 16.6. The number of hydrogen-bond donors (Lipinski definition) is 1. The molecule has 0 aromatic carbocycles. The molecule has 0 saturated carbocycles. The molecular formula is C18H30N2O3. The molecular weight excluding hydrogens is 292 g/mol. The van der Waals surface area contributed by atoms with Gasteiger partial charge in [0.05, 0.1) is 6.10 Å². The summed E-state index contributed by atoms with van der Waals surface area (Å²) < 4.78 is 11.3. The molecule has 5 heteroatoms. The number of likely N-dealkylation sites (tertiary alicyclic amines) is 1. The Morgan fingerprint density at radius 2 is 2.09 bits per heavy atom. The fourth-order valence-corrected chi connectivity index (χ4v) is 2.83. The number of amides is 1. The molecule has 0 bridgehead atoms. The van der Waals surface area contributed by atoms with Crippen LogP contribution in [0.15, 0.2) is 18.3 Å². The maximum atomic E-state index is 12.0. The van der Waals surface area contributed by atoms with Crippen LogP contribution in [-0.2, 0) is 9.47 Å². The summed E-state index contributed by atoms with van der Waals surface area (Å²) in [7, 11) is 0. The van der Waals surface area contributed by atoms with Crippen molar-refractivity contribution in [1.29, 1.82) is 0 Å². The summed E-state index contributed by atoms with van der Waals surface area (Å²) in [5.41, 5.74) is 0.695. The van der Waals surface area contributed by atoms with Gasteiger partial charge in [-0.1, -0.05) is 0 Å². The van der Waals surface area contributed by atoms with Crippen molar-refractivity contribution in [1.82, 2.24) is 9.88 Å². The van der Waals surface area contributed by atoms with Gasteiger partial charge in [0.15, 0.2) is 0 Å². The van der Waals surface area contributed by atoms with Crippen LogP contribution in [-0.4, -0.2) is 41.3 Å². The first-order chi connectivity index (χ1) is 10.8. The van der Waals surface area contributed by atoms with Gasteiger partial charge >= 0.3 is 6.09 Å². The smallest absolute Gasteiger partial charge is 0.410 e. The van der Waals surface area contributed by atoms with Gasteiger partial charge in [-0.25, -0.2) is 4.79 Å². The summed E-state index contributed by atoms with van der Waals surface area (Å²) in [6.45, 7) is 10.1. The van der Waals surface area contributed by atoms with Crippen LogP contribution in [0.25, 0.3) is 0 Å². The maximum Gasteiger partial charge on any atom is 0.410 e. The van der Waals surface area contributed by atoms with E-state index >= 15 is 0 Å². The number of nitrogens with one attached hydrogen (secondary N) is 1. The molecule has 2 rings (SSSR count). The summed E-state index contributed by atoms with van der Waals surface area (Å²) >= 11 is 0. The quantitative estimate of drug-likeness (QED) is 0.887. The van der Waals surface area contributed by atoms with Crippen LogP contribution in [0.1, 0.15) is 58.8 Å². The molecule has 1 saturated heterocycles. The number of H-pyrrole nitrogens is 1. The van der Waals surface area contributed by atoms with E-state index in [9.17, 15) is 4.79 Å². The van der Waals surface area contributed by atoms with E-state index in [-0.39, 0.29) is 12.2 Å². The van der Waals surface area contributed by atoms with Crippen molar-refractivity contribution < 1.29 is 14.3 Å². The number of carbonyl (C=O) groups excluding carboxylic acids is 1. The highest BCUT2D eigenvalue weighted by molar-refractivity contribution is 5.68. The third kappa shape index (κ3) is 5.90. The zero-order valence-corrected chi connectivity index (χ0v) is 14.8. The van der Waals surface area contributed by atoms with E-state index in [1.807, 2.05) is 44.0 Å². The monoisotopic (exact) mass is 322 g/mol. The molecule has 23 heavy (non-hydrogen) atoms. The van der Waals surface area contributed by atoms with Crippen LogP contribution in [0, 0.1) is 5.92 Å². The van der Waals surface area contributed by atoms with Crippen molar-refractivity contribution in [2.75, 3.05) is 19.7 Å². The minimum absolute atomic E-state index is 0.104. The maximum absolute atomic E-state index is 12.0. The molecule has 2 heterocycles. The van der Waals surface area contributed by atoms with E-state index in [4.69, 9.17) is 9.47 Å². The van der Waals surface area contributed by atoms with Crippen molar-refractivity contribution in [2.24, 2.45) is 5.92 Å². The van der Waals surface area contributed by atoms with Gasteiger partial charge in [-0.3, -0.25) is 0 Å². The van der Waals surface area contributed by atoms with E-state index < -0.39 is 5.60 Å². The van der Waals surface area contributed by atoms with Crippen LogP contribution in [0.3, 0.4) is 0 Å². The molecule has 1 atom stereocenters. The highest BCUT2D eigenvalue weighted by Gasteiger charge is 2.26. The molecule has 1 aromatic heterocycles. The third-order valence-electron chi connectivity index (χ3n) is 4.22. The lowest BCUT2D eigenvalue weighted by Gasteiger charge is -2.33. The molecule has 1 aromatic rings. The number of carbonyl (C=O) groups is 1. The Morgan fingerprint density at radius 3 is 2.65 bits per heavy atom. The molecule has 1 fully saturated rings. The highest BCUT2D eigenvalue weighted by Crippen LogP contribution is 2.23. The molecule has 1 aliphatic heterocycles. The second-order valence-electron chi connectivity index (χ2n) is 7.34. The average molecular weight is 322 g/mol. The molecule has 0 aliphatic carbocycles. The van der Waals surface area contributed by atoms with E-state index in [1.54, 1.807) is 0 Å². The number of aromatic nitrogens is 1. The summed E-state index contributed by atoms with van der Waals surface area (Å²) in [5.74, 6) is 0.629. The number of aromatic amines is 1. The SMILES string of the molecule is C[C@H](OCCC1CCN(C(=O)OC(C)(C)C)CC1)c1ccc[nH]1. The number of ether oxygens (including phenoxy) is 2. The lowest BCUT2D eigenvalue weighted by atomic mass is 9.94. The molecule has 0 spiro atoms. The van der Waals surface area contributed by atoms with Crippen LogP contribution >= 0.6 is 0 Å². The lowest BCUT2D eigenvalue weighted by molar-refractivity contribution is 0.0143. The van der Waals surface area contributed by atoms with Crippen LogP contribution < -0.4 is 0 Å². The van der Waals surface area contributed by atoms with Gasteiger partial charge in [-0.15, -0.1) is 0 Å². The Labute approximate surface area is 139 Å². The third-order valence-corrected chi connectivity index (χ3v) is 4.22. The molecule has 1 aliphatic rings. The van der Waals surface area contributed by atoms with E-state index in [1.165, 1.54) is 0 Å². The van der Waals surface area contributed by atoms with E-state index in [2.05, 4.69) is 11.9 Å². The molecule has 5 nitrogen and oxygen atoms in total. The second-order valence-corrected chi connectivity index (χ2v) is 7.34. The average Bonchev–Trinajstić information content (AvgIpc) is 3.00. The molecule has 0 radical (unpaired) electrons. The van der Waals surface area contributed by atoms with Crippen molar-refractivity contribution in [2.45, 2.75) is 58.7 Å². The first-order valence-electron chi connectivity index (χ1n) is 8.58. The number of nitrogens with zero attached hydrogens (tertiary/aromatic N) is 1. The topological polar surface area (TPSA) is 54.6 Å². The number of piperidine rings is 1. The van der Waals surface area contributed by atoms with Crippen LogP contribution in [0.4, 0.5) is 4.79 Å². The van der Waals surface area contributed by atoms with Crippen molar-refractivity contribution in [3.8, 4) is 0 Å². The van der Waals surface area contributed by atoms with Gasteiger partial charge in [-0.05, 0) is 65.0 Å². The first-order valence-corrected chi connectivity index (χ1v) is 8.58. The van der Waals surface area contributed by atoms with Gasteiger partial charge < -0.3 is 19.4 Å². The van der Waals surface area contributed by atoms with Crippen LogP contribution in [0.2, 0.25) is 0 Å². The Bertz CT molecular complexity index is 471. The zero-order valence-electron chi connectivity index (χ0n) is 14.8. The van der Waals surface area contributed by atoms with Gasteiger partial charge in [-0.2, -0.15) is 0 Å². The summed E-state index contributed by atoms with van der Waals surface area (Å²) in [6, 6.07) is 4.03. The Morgan fingerprint density at radius 1 is 1.39 bits per heavy atom. The van der Waals surface area contributed by atoms with Crippen molar-refractivity contribution in [3.05, 3.63) is 24.0 Å². The standard InChI is InChI=1S/C18H30N2O3/c1-14(16-6-5-10-19-16)22-13-9-15-7-11-20(12-8-15)17(21)23-18(2,3)4/h5-6,10,14-15,19H,7-9,11-13H2,1-4H3/t14-/m0/s1. The number of hydrogen-bond acceptors (Lipinski definition) is 3. The fraction of sp³-hybridized carbons (Fsp3) is 0.722. The minimum Gasteiger partial charge on any atom is -0.444 e. The number of rotatable bonds is 5. The minimum atomic E-state index is -0.421. The first kappa shape index (κ1) is 17.9. The summed E-state index contributed by atoms with van der Waals surface area (Å²) in [4.78, 5) is 17.0. The Balaban J connectivity index is 1.64. The van der Waals surface area contributed by atoms with Crippen molar-refractivity contribution >= 4 is 6.09 Å². The van der Waals surface area contributed by atoms with Gasteiger partial charge in [0.1, 0.15) is 5.60 Å². The predicted octanol–water partition coefficient (Wildman–Crippen LogP) is 4.13. The largest absolute Gasteiger partial charge is 0.444 e. The second kappa shape index (κ2) is 7.86. The summed E-state index contributed by atoms with van der Waals surface area (Å²) in [5, 5.41) is 0. The lowest BCUT2D eigenvalue weighted by Crippen LogP contribution is -2.41. The van der Waals surface area contributed by atoms with Crippen LogP contribution in [0.5, 0.6) is 0 Å². The van der Waals surface area contributed by atoms with E-state index in [0.29, 0.717) is 5.92 Å². The normalized spacial score (nSPS) is 18.0. The predicted molar refractivity (Wildman–Crippen MR) is 90.3 cm³/mol. The summed E-state index contributed by atoms with van der Waals surface area (Å²) in [6.07, 6.45) is 4.94. The Kier molecular flexibility index (Phi) is 6.10. The molecule has 1 N–H and O–H groups in total. The van der Waals surface area contributed by atoms with Gasteiger partial charge in [0.25, 0.3) is 0 Å². The molecule has 0 unspecified atom stereocenters.